The Labute approximate surface area is 171 Å². The predicted octanol–water partition coefficient (Wildman–Crippen LogP) is 3.81. The zero-order valence-electron chi connectivity index (χ0n) is 15.7. The monoisotopic (exact) mass is 449 g/mol. The van der Waals surface area contributed by atoms with Crippen LogP contribution in [0.3, 0.4) is 0 Å². The summed E-state index contributed by atoms with van der Waals surface area (Å²) in [7, 11) is 3.62. The third-order valence-corrected chi connectivity index (χ3v) is 4.95. The quantitative estimate of drug-likeness (QED) is 0.621. The van der Waals surface area contributed by atoms with Gasteiger partial charge in [-0.3, -0.25) is 14.5 Å². The molecule has 0 radical (unpaired) electrons. The highest BCUT2D eigenvalue weighted by Crippen LogP contribution is 2.32. The van der Waals surface area contributed by atoms with Crippen LogP contribution in [0.4, 0.5) is 15.8 Å². The Morgan fingerprint density at radius 2 is 2.29 bits per heavy atom. The number of anilines is 2. The van der Waals surface area contributed by atoms with Crippen LogP contribution in [0.2, 0.25) is 0 Å². The number of aliphatic imine (C=N–C) groups is 1. The van der Waals surface area contributed by atoms with Crippen molar-refractivity contribution in [3.05, 3.63) is 46.1 Å². The molecule has 1 amide bonds. The van der Waals surface area contributed by atoms with E-state index < -0.39 is 0 Å². The number of benzene rings is 1. The fraction of sp³-hybridized carbons (Fsp3) is 0.316. The van der Waals surface area contributed by atoms with Gasteiger partial charge in [-0.15, -0.1) is 0 Å². The lowest BCUT2D eigenvalue weighted by molar-refractivity contribution is -0.107. The normalized spacial score (nSPS) is 13.6. The summed E-state index contributed by atoms with van der Waals surface area (Å²) in [4.78, 5) is 17.3. The van der Waals surface area contributed by atoms with Crippen LogP contribution in [0, 0.1) is 0 Å². The molecular formula is C19H21BrFN5O2. The van der Waals surface area contributed by atoms with Crippen LogP contribution < -0.4 is 15.0 Å². The lowest BCUT2D eigenvalue weighted by atomic mass is 10.2. The van der Waals surface area contributed by atoms with Gasteiger partial charge in [0.25, 0.3) is 0 Å². The van der Waals surface area contributed by atoms with E-state index in [1.54, 1.807) is 36.1 Å². The van der Waals surface area contributed by atoms with E-state index in [9.17, 15) is 9.18 Å². The van der Waals surface area contributed by atoms with Crippen LogP contribution in [-0.2, 0) is 18.4 Å². The van der Waals surface area contributed by atoms with Crippen molar-refractivity contribution in [1.29, 1.82) is 0 Å². The average Bonchev–Trinajstić information content (AvgIpc) is 3.06. The fourth-order valence-corrected chi connectivity index (χ4v) is 3.33. The number of nitrogens with one attached hydrogen (secondary N) is 1. The van der Waals surface area contributed by atoms with Gasteiger partial charge in [0.15, 0.2) is 0 Å². The molecule has 3 rings (SSSR count). The number of amides is 1. The number of nitrogens with zero attached hydrogens (tertiary/aromatic N) is 4. The first-order chi connectivity index (χ1) is 13.5. The molecule has 148 valence electrons. The molecular weight excluding hydrogens is 429 g/mol. The van der Waals surface area contributed by atoms with Gasteiger partial charge in [-0.25, -0.2) is 4.39 Å². The second kappa shape index (κ2) is 9.01. The maximum absolute atomic E-state index is 13.8. The van der Waals surface area contributed by atoms with Gasteiger partial charge < -0.3 is 15.0 Å². The van der Waals surface area contributed by atoms with Crippen LogP contribution in [0.25, 0.3) is 0 Å². The molecule has 2 aromatic rings. The van der Waals surface area contributed by atoms with Gasteiger partial charge in [-0.1, -0.05) is 0 Å². The van der Waals surface area contributed by atoms with Crippen molar-refractivity contribution in [3.63, 3.8) is 0 Å². The first-order valence-corrected chi connectivity index (χ1v) is 9.55. The summed E-state index contributed by atoms with van der Waals surface area (Å²) in [6.45, 7) is 0.321. The minimum absolute atomic E-state index is 0.0363. The molecule has 0 aliphatic carbocycles. The Morgan fingerprint density at radius 3 is 3.00 bits per heavy atom. The third-order valence-electron chi connectivity index (χ3n) is 4.28. The molecule has 7 nitrogen and oxygen atoms in total. The second-order valence-electron chi connectivity index (χ2n) is 6.25. The average molecular weight is 450 g/mol. The summed E-state index contributed by atoms with van der Waals surface area (Å²) in [5, 5.41) is 7.46. The van der Waals surface area contributed by atoms with Crippen molar-refractivity contribution < 1.29 is 13.9 Å². The molecule has 1 aliphatic heterocycles. The molecule has 0 saturated carbocycles. The molecule has 1 N–H and O–H groups in total. The van der Waals surface area contributed by atoms with Gasteiger partial charge in [0.05, 0.1) is 17.9 Å². The molecule has 9 heteroatoms. The molecule has 0 fully saturated rings. The Morgan fingerprint density at radius 1 is 1.46 bits per heavy atom. The zero-order valence-corrected chi connectivity index (χ0v) is 17.2. The van der Waals surface area contributed by atoms with E-state index in [0.29, 0.717) is 30.0 Å². The maximum atomic E-state index is 13.8. The topological polar surface area (TPSA) is 71.8 Å². The highest BCUT2D eigenvalue weighted by molar-refractivity contribution is 9.10. The zero-order chi connectivity index (χ0) is 20.1. The van der Waals surface area contributed by atoms with E-state index >= 15 is 0 Å². The standard InChI is InChI=1S/C19H21BrFN5O2/c1-22-16-9-25(2)24-17(16)10-26(12-27)19-8-13(5-6-14(19)20)28-11-18-15(21)4-3-7-23-18/h5-9,12,22H,3-4,10-11H2,1-2H3. The number of ether oxygens (including phenoxy) is 1. The summed E-state index contributed by atoms with van der Waals surface area (Å²) >= 11 is 3.47. The summed E-state index contributed by atoms with van der Waals surface area (Å²) in [5.41, 5.74) is 2.51. The second-order valence-corrected chi connectivity index (χ2v) is 7.10. The maximum Gasteiger partial charge on any atom is 0.214 e. The molecule has 28 heavy (non-hydrogen) atoms. The number of halogens is 2. The molecule has 1 aromatic heterocycles. The van der Waals surface area contributed by atoms with E-state index in [4.69, 9.17) is 4.74 Å². The van der Waals surface area contributed by atoms with Crippen molar-refractivity contribution in [3.8, 4) is 5.75 Å². The smallest absolute Gasteiger partial charge is 0.214 e. The third kappa shape index (κ3) is 4.59. The Balaban J connectivity index is 1.79. The number of aromatic nitrogens is 2. The Hall–Kier alpha value is -2.68. The van der Waals surface area contributed by atoms with Gasteiger partial charge in [0.1, 0.15) is 29.6 Å². The first-order valence-electron chi connectivity index (χ1n) is 8.76. The van der Waals surface area contributed by atoms with Crippen molar-refractivity contribution in [1.82, 2.24) is 9.78 Å². The van der Waals surface area contributed by atoms with E-state index in [0.717, 1.165) is 22.3 Å². The largest absolute Gasteiger partial charge is 0.487 e. The molecule has 1 aliphatic rings. The van der Waals surface area contributed by atoms with Crippen LogP contribution >= 0.6 is 15.9 Å². The SMILES string of the molecule is CNc1cn(C)nc1CN(C=O)c1cc(OCC2=C(F)CCC=N2)ccc1Br. The number of aryl methyl sites for hydroxylation is 1. The molecule has 0 spiro atoms. The van der Waals surface area contributed by atoms with Crippen LogP contribution in [-0.4, -0.2) is 36.1 Å². The summed E-state index contributed by atoms with van der Waals surface area (Å²) in [6.07, 6.45) is 5.24. The molecule has 2 heterocycles. The van der Waals surface area contributed by atoms with Gasteiger partial charge >= 0.3 is 0 Å². The van der Waals surface area contributed by atoms with Crippen molar-refractivity contribution in [2.75, 3.05) is 23.9 Å². The van der Waals surface area contributed by atoms with E-state index in [1.807, 2.05) is 13.2 Å². The Kier molecular flexibility index (Phi) is 6.45. The highest BCUT2D eigenvalue weighted by Gasteiger charge is 2.16. The summed E-state index contributed by atoms with van der Waals surface area (Å²) < 4.78 is 21.9. The molecule has 0 bridgehead atoms. The first kappa shape index (κ1) is 20.1. The van der Waals surface area contributed by atoms with Crippen molar-refractivity contribution >= 4 is 39.9 Å². The molecule has 0 unspecified atom stereocenters. The van der Waals surface area contributed by atoms with E-state index in [1.165, 1.54) is 4.90 Å². The van der Waals surface area contributed by atoms with E-state index in [-0.39, 0.29) is 19.0 Å². The fourth-order valence-electron chi connectivity index (χ4n) is 2.85. The molecule has 0 atom stereocenters. The number of hydrogen-bond acceptors (Lipinski definition) is 5. The minimum Gasteiger partial charge on any atom is -0.487 e. The number of carbonyl (C=O) groups is 1. The molecule has 1 aromatic carbocycles. The van der Waals surface area contributed by atoms with Gasteiger partial charge in [-0.05, 0) is 34.5 Å². The lowest BCUT2D eigenvalue weighted by Crippen LogP contribution is -2.22. The van der Waals surface area contributed by atoms with Gasteiger partial charge in [0.2, 0.25) is 6.41 Å². The van der Waals surface area contributed by atoms with Crippen molar-refractivity contribution in [2.24, 2.45) is 12.0 Å². The van der Waals surface area contributed by atoms with Gasteiger partial charge in [0, 0.05) is 43.5 Å². The van der Waals surface area contributed by atoms with Crippen LogP contribution in [0.5, 0.6) is 5.75 Å². The van der Waals surface area contributed by atoms with Crippen molar-refractivity contribution in [2.45, 2.75) is 19.4 Å². The summed E-state index contributed by atoms with van der Waals surface area (Å²) in [5.74, 6) is 0.269. The van der Waals surface area contributed by atoms with Gasteiger partial charge in [-0.2, -0.15) is 5.10 Å². The number of rotatable bonds is 8. The Bertz CT molecular complexity index is 925. The van der Waals surface area contributed by atoms with Crippen LogP contribution in [0.1, 0.15) is 18.5 Å². The lowest BCUT2D eigenvalue weighted by Gasteiger charge is -2.20. The summed E-state index contributed by atoms with van der Waals surface area (Å²) in [6, 6.07) is 5.26. The highest BCUT2D eigenvalue weighted by atomic mass is 79.9. The van der Waals surface area contributed by atoms with E-state index in [2.05, 4.69) is 31.3 Å². The molecule has 0 saturated heterocycles. The predicted molar refractivity (Wildman–Crippen MR) is 110 cm³/mol. The minimum atomic E-state index is -0.246. The van der Waals surface area contributed by atoms with Crippen LogP contribution in [0.15, 0.2) is 45.4 Å². The number of hydrogen-bond donors (Lipinski definition) is 1. The number of allylic oxidation sites excluding steroid dienone is 1. The number of carbonyl (C=O) groups excluding carboxylic acids is 1.